The van der Waals surface area contributed by atoms with Gasteiger partial charge in [0.2, 0.25) is 0 Å². The summed E-state index contributed by atoms with van der Waals surface area (Å²) in [7, 11) is 0. The van der Waals surface area contributed by atoms with E-state index in [1.54, 1.807) is 18.3 Å². The Balaban J connectivity index is 1.74. The Kier molecular flexibility index (Phi) is 2.57. The monoisotopic (exact) mass is 240 g/mol. The van der Waals surface area contributed by atoms with Gasteiger partial charge in [0.15, 0.2) is 0 Å². The molecule has 0 radical (unpaired) electrons. The molecule has 0 unspecified atom stereocenters. The van der Waals surface area contributed by atoms with Gasteiger partial charge in [-0.15, -0.1) is 0 Å². The van der Waals surface area contributed by atoms with Crippen molar-refractivity contribution in [3.05, 3.63) is 48.4 Å². The van der Waals surface area contributed by atoms with E-state index >= 15 is 0 Å². The first-order valence-corrected chi connectivity index (χ1v) is 5.62. The van der Waals surface area contributed by atoms with Crippen LogP contribution in [-0.2, 0) is 6.54 Å². The van der Waals surface area contributed by atoms with Crippen LogP contribution in [0.15, 0.2) is 42.7 Å². The molecule has 0 amide bonds. The van der Waals surface area contributed by atoms with Gasteiger partial charge in [0.25, 0.3) is 0 Å². The highest BCUT2D eigenvalue weighted by molar-refractivity contribution is 5.81. The number of aromatic hydroxyl groups is 1. The zero-order valence-electron chi connectivity index (χ0n) is 9.59. The van der Waals surface area contributed by atoms with Crippen LogP contribution in [0.3, 0.4) is 0 Å². The van der Waals surface area contributed by atoms with Crippen molar-refractivity contribution >= 4 is 16.6 Å². The fourth-order valence-electron chi connectivity index (χ4n) is 1.77. The van der Waals surface area contributed by atoms with E-state index in [0.29, 0.717) is 6.54 Å². The number of H-pyrrole nitrogens is 1. The number of rotatable bonds is 3. The van der Waals surface area contributed by atoms with Gasteiger partial charge in [-0.05, 0) is 30.3 Å². The largest absolute Gasteiger partial charge is 0.506 e. The Morgan fingerprint density at radius 1 is 1.17 bits per heavy atom. The zero-order valence-corrected chi connectivity index (χ0v) is 9.59. The summed E-state index contributed by atoms with van der Waals surface area (Å²) < 4.78 is 0. The van der Waals surface area contributed by atoms with Crippen molar-refractivity contribution < 1.29 is 5.11 Å². The summed E-state index contributed by atoms with van der Waals surface area (Å²) in [5.41, 5.74) is 2.90. The number of pyridine rings is 1. The molecular weight excluding hydrogens is 228 g/mol. The predicted octanol–water partition coefficient (Wildman–Crippen LogP) is 2.28. The molecule has 2 aromatic heterocycles. The number of anilines is 1. The summed E-state index contributed by atoms with van der Waals surface area (Å²) in [6, 6.07) is 9.41. The van der Waals surface area contributed by atoms with E-state index in [-0.39, 0.29) is 5.75 Å². The Bertz CT molecular complexity index is 660. The van der Waals surface area contributed by atoms with Crippen LogP contribution in [-0.4, -0.2) is 20.3 Å². The smallest absolute Gasteiger partial charge is 0.133 e. The first-order chi connectivity index (χ1) is 8.81. The van der Waals surface area contributed by atoms with Gasteiger partial charge in [-0.3, -0.25) is 10.1 Å². The number of hydrogen-bond acceptors (Lipinski definition) is 4. The van der Waals surface area contributed by atoms with Gasteiger partial charge in [0.1, 0.15) is 5.75 Å². The molecule has 0 bridgehead atoms. The minimum absolute atomic E-state index is 0.179. The molecule has 0 atom stereocenters. The van der Waals surface area contributed by atoms with Gasteiger partial charge < -0.3 is 10.4 Å². The summed E-state index contributed by atoms with van der Waals surface area (Å²) in [6.45, 7) is 0.615. The van der Waals surface area contributed by atoms with Crippen molar-refractivity contribution in [2.75, 3.05) is 5.32 Å². The fraction of sp³-hybridized carbons (Fsp3) is 0.0769. The van der Waals surface area contributed by atoms with Crippen LogP contribution < -0.4 is 5.32 Å². The van der Waals surface area contributed by atoms with Crippen molar-refractivity contribution in [2.45, 2.75) is 6.54 Å². The summed E-state index contributed by atoms with van der Waals surface area (Å²) >= 11 is 0. The zero-order chi connectivity index (χ0) is 12.4. The molecule has 0 aliphatic rings. The molecule has 90 valence electrons. The first-order valence-electron chi connectivity index (χ1n) is 5.62. The quantitative estimate of drug-likeness (QED) is 0.656. The van der Waals surface area contributed by atoms with Crippen LogP contribution in [0.4, 0.5) is 5.69 Å². The number of aromatic amines is 1. The topological polar surface area (TPSA) is 73.8 Å². The summed E-state index contributed by atoms with van der Waals surface area (Å²) in [4.78, 5) is 4.11. The lowest BCUT2D eigenvalue weighted by Crippen LogP contribution is -2.00. The summed E-state index contributed by atoms with van der Waals surface area (Å²) in [6.07, 6.45) is 3.23. The lowest BCUT2D eigenvalue weighted by atomic mass is 10.2. The van der Waals surface area contributed by atoms with Crippen molar-refractivity contribution in [3.8, 4) is 5.75 Å². The highest BCUT2D eigenvalue weighted by Gasteiger charge is 1.99. The van der Waals surface area contributed by atoms with Gasteiger partial charge >= 0.3 is 0 Å². The summed E-state index contributed by atoms with van der Waals surface area (Å²) in [5, 5.41) is 20.4. The number of nitrogens with zero attached hydrogens (tertiary/aromatic N) is 2. The SMILES string of the molecule is Oc1ccc(CNc2ccc3[nH]ncc3c2)nc1. The molecule has 5 heteroatoms. The predicted molar refractivity (Wildman–Crippen MR) is 69.3 cm³/mol. The van der Waals surface area contributed by atoms with E-state index in [4.69, 9.17) is 5.11 Å². The van der Waals surface area contributed by atoms with Crippen LogP contribution in [0.25, 0.3) is 10.9 Å². The maximum atomic E-state index is 9.14. The minimum Gasteiger partial charge on any atom is -0.506 e. The lowest BCUT2D eigenvalue weighted by Gasteiger charge is -2.05. The molecule has 18 heavy (non-hydrogen) atoms. The molecule has 1 aromatic carbocycles. The average molecular weight is 240 g/mol. The van der Waals surface area contributed by atoms with E-state index in [0.717, 1.165) is 22.3 Å². The Labute approximate surface area is 103 Å². The highest BCUT2D eigenvalue weighted by Crippen LogP contribution is 2.17. The molecule has 2 heterocycles. The van der Waals surface area contributed by atoms with E-state index < -0.39 is 0 Å². The van der Waals surface area contributed by atoms with Crippen molar-refractivity contribution in [3.63, 3.8) is 0 Å². The van der Waals surface area contributed by atoms with Crippen LogP contribution in [0.1, 0.15) is 5.69 Å². The summed E-state index contributed by atoms with van der Waals surface area (Å²) in [5.74, 6) is 0.179. The number of benzene rings is 1. The molecule has 0 saturated heterocycles. The standard InChI is InChI=1S/C13H12N4O/c18-12-3-1-11(15-8-12)7-14-10-2-4-13-9(5-10)6-16-17-13/h1-6,8,14,18H,7H2,(H,16,17). The number of hydrogen-bond donors (Lipinski definition) is 3. The van der Waals surface area contributed by atoms with E-state index in [1.165, 1.54) is 6.20 Å². The van der Waals surface area contributed by atoms with Crippen molar-refractivity contribution in [1.29, 1.82) is 0 Å². The van der Waals surface area contributed by atoms with Gasteiger partial charge in [-0.25, -0.2) is 0 Å². The van der Waals surface area contributed by atoms with E-state index in [2.05, 4.69) is 20.5 Å². The second kappa shape index (κ2) is 4.37. The molecule has 0 spiro atoms. The van der Waals surface area contributed by atoms with Crippen LogP contribution in [0.5, 0.6) is 5.75 Å². The number of fused-ring (bicyclic) bond motifs is 1. The number of nitrogens with one attached hydrogen (secondary N) is 2. The van der Waals surface area contributed by atoms with Gasteiger partial charge in [-0.2, -0.15) is 5.10 Å². The van der Waals surface area contributed by atoms with Gasteiger partial charge in [0, 0.05) is 11.1 Å². The molecular formula is C13H12N4O. The van der Waals surface area contributed by atoms with E-state index in [9.17, 15) is 0 Å². The molecule has 0 aliphatic carbocycles. The molecule has 3 aromatic rings. The minimum atomic E-state index is 0.179. The molecule has 0 saturated carbocycles. The fourth-order valence-corrected chi connectivity index (χ4v) is 1.77. The van der Waals surface area contributed by atoms with Crippen LogP contribution in [0, 0.1) is 0 Å². The maximum absolute atomic E-state index is 9.14. The van der Waals surface area contributed by atoms with Crippen molar-refractivity contribution in [1.82, 2.24) is 15.2 Å². The first kappa shape index (κ1) is 10.6. The molecule has 5 nitrogen and oxygen atoms in total. The second-order valence-electron chi connectivity index (χ2n) is 4.03. The Hall–Kier alpha value is -2.56. The number of aromatic nitrogens is 3. The highest BCUT2D eigenvalue weighted by atomic mass is 16.3. The third kappa shape index (κ3) is 2.10. The van der Waals surface area contributed by atoms with Crippen LogP contribution >= 0.6 is 0 Å². The molecule has 0 fully saturated rings. The average Bonchev–Trinajstić information content (AvgIpc) is 2.85. The molecule has 0 aliphatic heterocycles. The Morgan fingerprint density at radius 3 is 2.94 bits per heavy atom. The normalized spacial score (nSPS) is 10.7. The van der Waals surface area contributed by atoms with Crippen molar-refractivity contribution in [2.24, 2.45) is 0 Å². The molecule has 3 N–H and O–H groups in total. The Morgan fingerprint density at radius 2 is 2.11 bits per heavy atom. The second-order valence-corrected chi connectivity index (χ2v) is 4.03. The third-order valence-corrected chi connectivity index (χ3v) is 2.72. The lowest BCUT2D eigenvalue weighted by molar-refractivity contribution is 0.472. The van der Waals surface area contributed by atoms with Crippen LogP contribution in [0.2, 0.25) is 0 Å². The van der Waals surface area contributed by atoms with Gasteiger partial charge in [0.05, 0.1) is 30.1 Å². The van der Waals surface area contributed by atoms with E-state index in [1.807, 2.05) is 18.2 Å². The maximum Gasteiger partial charge on any atom is 0.133 e. The van der Waals surface area contributed by atoms with Gasteiger partial charge in [-0.1, -0.05) is 0 Å². The third-order valence-electron chi connectivity index (χ3n) is 2.72. The molecule has 3 rings (SSSR count).